The maximum atomic E-state index is 12.1. The Kier molecular flexibility index (Phi) is 5.98. The predicted octanol–water partition coefficient (Wildman–Crippen LogP) is 1.27. The van der Waals surface area contributed by atoms with Crippen LogP contribution in [0.5, 0.6) is 0 Å². The molecule has 1 atom stereocenters. The van der Waals surface area contributed by atoms with Crippen LogP contribution < -0.4 is 5.73 Å². The van der Waals surface area contributed by atoms with Crippen molar-refractivity contribution in [2.75, 3.05) is 20.7 Å². The largest absolute Gasteiger partial charge is 0.377 e. The zero-order valence-electron chi connectivity index (χ0n) is 12.0. The van der Waals surface area contributed by atoms with Crippen LogP contribution in [-0.4, -0.2) is 42.7 Å². The molecule has 1 heterocycles. The summed E-state index contributed by atoms with van der Waals surface area (Å²) in [6.45, 7) is 5.05. The number of carbonyl (C=O) groups excluding carboxylic acids is 1. The molecular formula is C13H23N3O3. The second-order valence-corrected chi connectivity index (χ2v) is 5.03. The Bertz CT molecular complexity index is 404. The lowest BCUT2D eigenvalue weighted by molar-refractivity contribution is 0.0778. The van der Waals surface area contributed by atoms with Crippen molar-refractivity contribution in [2.24, 2.45) is 11.7 Å². The Morgan fingerprint density at radius 3 is 2.84 bits per heavy atom. The van der Waals surface area contributed by atoms with Crippen molar-refractivity contribution >= 4 is 5.91 Å². The van der Waals surface area contributed by atoms with Gasteiger partial charge in [0.05, 0.1) is 0 Å². The second kappa shape index (κ2) is 7.25. The first-order chi connectivity index (χ1) is 8.95. The number of aromatic nitrogens is 1. The Balaban J connectivity index is 2.51. The highest BCUT2D eigenvalue weighted by Crippen LogP contribution is 2.09. The fraction of sp³-hybridized carbons (Fsp3) is 0.692. The average molecular weight is 269 g/mol. The lowest BCUT2D eigenvalue weighted by Crippen LogP contribution is -2.34. The molecule has 1 aromatic heterocycles. The number of rotatable bonds is 7. The van der Waals surface area contributed by atoms with Crippen LogP contribution in [0.15, 0.2) is 10.6 Å². The third-order valence-corrected chi connectivity index (χ3v) is 3.07. The van der Waals surface area contributed by atoms with Gasteiger partial charge in [-0.2, -0.15) is 0 Å². The van der Waals surface area contributed by atoms with Crippen molar-refractivity contribution in [1.82, 2.24) is 10.1 Å². The van der Waals surface area contributed by atoms with Crippen LogP contribution in [0, 0.1) is 5.92 Å². The third-order valence-electron chi connectivity index (χ3n) is 3.07. The van der Waals surface area contributed by atoms with E-state index in [1.165, 1.54) is 0 Å². The Hall–Kier alpha value is -1.40. The van der Waals surface area contributed by atoms with Crippen LogP contribution in [0.3, 0.4) is 0 Å². The van der Waals surface area contributed by atoms with Gasteiger partial charge in [0.15, 0.2) is 11.5 Å². The molecule has 0 aliphatic carbocycles. The summed E-state index contributed by atoms with van der Waals surface area (Å²) < 4.78 is 9.90. The summed E-state index contributed by atoms with van der Waals surface area (Å²) in [6, 6.07) is 1.70. The van der Waals surface area contributed by atoms with Gasteiger partial charge < -0.3 is 19.9 Å². The fourth-order valence-corrected chi connectivity index (χ4v) is 1.60. The van der Waals surface area contributed by atoms with Gasteiger partial charge in [-0.1, -0.05) is 19.0 Å². The van der Waals surface area contributed by atoms with Crippen molar-refractivity contribution in [2.45, 2.75) is 32.9 Å². The van der Waals surface area contributed by atoms with Gasteiger partial charge in [0.2, 0.25) is 0 Å². The summed E-state index contributed by atoms with van der Waals surface area (Å²) in [7, 11) is 3.30. The predicted molar refractivity (Wildman–Crippen MR) is 71.6 cm³/mol. The molecule has 6 heteroatoms. The number of nitrogens with two attached hydrogens (primary N) is 1. The van der Waals surface area contributed by atoms with E-state index < -0.39 is 0 Å². The van der Waals surface area contributed by atoms with Crippen LogP contribution in [-0.2, 0) is 11.3 Å². The van der Waals surface area contributed by atoms with Crippen molar-refractivity contribution in [3.8, 4) is 0 Å². The van der Waals surface area contributed by atoms with Gasteiger partial charge in [0, 0.05) is 32.8 Å². The molecule has 1 unspecified atom stereocenters. The zero-order valence-corrected chi connectivity index (χ0v) is 12.0. The monoisotopic (exact) mass is 269 g/mol. The summed E-state index contributed by atoms with van der Waals surface area (Å²) in [5, 5.41) is 3.74. The van der Waals surface area contributed by atoms with Crippen LogP contribution in [0.1, 0.15) is 36.5 Å². The number of amides is 1. The molecule has 0 aliphatic rings. The van der Waals surface area contributed by atoms with E-state index in [1.54, 1.807) is 25.1 Å². The molecule has 19 heavy (non-hydrogen) atoms. The first kappa shape index (κ1) is 15.7. The highest BCUT2D eigenvalue weighted by atomic mass is 16.5. The minimum atomic E-state index is -0.165. The molecule has 1 amide bonds. The average Bonchev–Trinajstić information content (AvgIpc) is 2.83. The maximum Gasteiger partial charge on any atom is 0.275 e. The standard InChI is InChI=1S/C13H23N3O3/c1-9(2)11(14)5-6-16(3)13(17)12-7-10(8-18-4)19-15-12/h7,9,11H,5-6,8,14H2,1-4H3. The molecule has 0 saturated carbocycles. The third kappa shape index (κ3) is 4.65. The molecular weight excluding hydrogens is 246 g/mol. The Morgan fingerprint density at radius 1 is 1.58 bits per heavy atom. The smallest absolute Gasteiger partial charge is 0.275 e. The normalized spacial score (nSPS) is 12.7. The molecule has 1 aromatic rings. The van der Waals surface area contributed by atoms with E-state index in [0.717, 1.165) is 6.42 Å². The summed E-state index contributed by atoms with van der Waals surface area (Å²) in [6.07, 6.45) is 0.767. The fourth-order valence-electron chi connectivity index (χ4n) is 1.60. The quantitative estimate of drug-likeness (QED) is 0.806. The van der Waals surface area contributed by atoms with Gasteiger partial charge in [0.1, 0.15) is 6.61 Å². The number of ether oxygens (including phenoxy) is 1. The van der Waals surface area contributed by atoms with Gasteiger partial charge in [0.25, 0.3) is 5.91 Å². The van der Waals surface area contributed by atoms with E-state index in [2.05, 4.69) is 19.0 Å². The van der Waals surface area contributed by atoms with Crippen LogP contribution in [0.2, 0.25) is 0 Å². The van der Waals surface area contributed by atoms with Crippen molar-refractivity contribution in [3.05, 3.63) is 17.5 Å². The number of carbonyl (C=O) groups is 1. The van der Waals surface area contributed by atoms with E-state index in [-0.39, 0.29) is 11.9 Å². The highest BCUT2D eigenvalue weighted by molar-refractivity contribution is 5.92. The molecule has 2 N–H and O–H groups in total. The molecule has 0 saturated heterocycles. The van der Waals surface area contributed by atoms with Crippen molar-refractivity contribution < 1.29 is 14.1 Å². The van der Waals surface area contributed by atoms with E-state index in [4.69, 9.17) is 15.0 Å². The number of hydrogen-bond donors (Lipinski definition) is 1. The second-order valence-electron chi connectivity index (χ2n) is 5.03. The van der Waals surface area contributed by atoms with Gasteiger partial charge in [-0.15, -0.1) is 0 Å². The minimum absolute atomic E-state index is 0.0941. The first-order valence-electron chi connectivity index (χ1n) is 6.41. The molecule has 0 spiro atoms. The summed E-state index contributed by atoms with van der Waals surface area (Å²) in [5.41, 5.74) is 6.26. The van der Waals surface area contributed by atoms with Gasteiger partial charge >= 0.3 is 0 Å². The summed E-state index contributed by atoms with van der Waals surface area (Å²) >= 11 is 0. The van der Waals surface area contributed by atoms with Gasteiger partial charge in [-0.3, -0.25) is 4.79 Å². The summed E-state index contributed by atoms with van der Waals surface area (Å²) in [4.78, 5) is 13.7. The number of methoxy groups -OCH3 is 1. The molecule has 108 valence electrons. The van der Waals surface area contributed by atoms with E-state index in [0.29, 0.717) is 30.5 Å². The van der Waals surface area contributed by atoms with Crippen LogP contribution in [0.25, 0.3) is 0 Å². The zero-order chi connectivity index (χ0) is 14.4. The molecule has 0 aliphatic heterocycles. The van der Waals surface area contributed by atoms with Crippen LogP contribution >= 0.6 is 0 Å². The van der Waals surface area contributed by atoms with Crippen LogP contribution in [0.4, 0.5) is 0 Å². The highest BCUT2D eigenvalue weighted by Gasteiger charge is 2.18. The number of nitrogens with zero attached hydrogens (tertiary/aromatic N) is 2. The number of hydrogen-bond acceptors (Lipinski definition) is 5. The summed E-state index contributed by atoms with van der Waals surface area (Å²) in [5.74, 6) is 0.782. The molecule has 0 fully saturated rings. The molecule has 1 rings (SSSR count). The Labute approximate surface area is 113 Å². The van der Waals surface area contributed by atoms with E-state index in [1.807, 2.05) is 0 Å². The van der Waals surface area contributed by atoms with Crippen molar-refractivity contribution in [1.29, 1.82) is 0 Å². The van der Waals surface area contributed by atoms with E-state index >= 15 is 0 Å². The molecule has 0 radical (unpaired) electrons. The van der Waals surface area contributed by atoms with E-state index in [9.17, 15) is 4.79 Å². The molecule has 0 aromatic carbocycles. The lowest BCUT2D eigenvalue weighted by atomic mass is 10.0. The Morgan fingerprint density at radius 2 is 2.26 bits per heavy atom. The first-order valence-corrected chi connectivity index (χ1v) is 6.41. The topological polar surface area (TPSA) is 81.6 Å². The van der Waals surface area contributed by atoms with Gasteiger partial charge in [-0.05, 0) is 12.3 Å². The molecule has 6 nitrogen and oxygen atoms in total. The van der Waals surface area contributed by atoms with Crippen molar-refractivity contribution in [3.63, 3.8) is 0 Å². The molecule has 0 bridgehead atoms. The van der Waals surface area contributed by atoms with Gasteiger partial charge in [-0.25, -0.2) is 0 Å². The SMILES string of the molecule is COCc1cc(C(=O)N(C)CCC(N)C(C)C)no1. The maximum absolute atomic E-state index is 12.1. The lowest BCUT2D eigenvalue weighted by Gasteiger charge is -2.20. The minimum Gasteiger partial charge on any atom is -0.377 e.